The summed E-state index contributed by atoms with van der Waals surface area (Å²) in [5, 5.41) is 10.4. The zero-order valence-corrected chi connectivity index (χ0v) is 8.72. The molecule has 0 aliphatic rings. The predicted molar refractivity (Wildman–Crippen MR) is 55.2 cm³/mol. The number of alkyl halides is 1. The Morgan fingerprint density at radius 3 is 2.62 bits per heavy atom. The molecule has 1 rings (SSSR count). The van der Waals surface area contributed by atoms with Gasteiger partial charge in [-0.15, -0.1) is 11.6 Å². The molecular formula is C10H6ClF2NO2. The van der Waals surface area contributed by atoms with Crippen molar-refractivity contribution in [2.75, 3.05) is 5.88 Å². The van der Waals surface area contributed by atoms with E-state index in [2.05, 4.69) is 11.8 Å². The van der Waals surface area contributed by atoms with Gasteiger partial charge in [0.2, 0.25) is 5.82 Å². The lowest BCUT2D eigenvalue weighted by Crippen LogP contribution is -1.96. The van der Waals surface area contributed by atoms with Gasteiger partial charge >= 0.3 is 5.69 Å². The van der Waals surface area contributed by atoms with Gasteiger partial charge in [0.1, 0.15) is 5.82 Å². The lowest BCUT2D eigenvalue weighted by Gasteiger charge is -1.96. The second kappa shape index (κ2) is 5.42. The molecule has 0 bridgehead atoms. The number of halogens is 3. The number of hydrogen-bond donors (Lipinski definition) is 0. The normalized spacial score (nSPS) is 9.44. The first-order chi connectivity index (χ1) is 7.56. The fraction of sp³-hybridized carbons (Fsp3) is 0.200. The maximum atomic E-state index is 13.1. The zero-order chi connectivity index (χ0) is 12.1. The minimum atomic E-state index is -1.22. The molecule has 0 saturated heterocycles. The van der Waals surface area contributed by atoms with Crippen LogP contribution in [0.5, 0.6) is 0 Å². The quantitative estimate of drug-likeness (QED) is 0.348. The molecule has 0 unspecified atom stereocenters. The van der Waals surface area contributed by atoms with E-state index in [1.807, 2.05) is 0 Å². The molecule has 0 aliphatic heterocycles. The first-order valence-electron chi connectivity index (χ1n) is 4.24. The maximum Gasteiger partial charge on any atom is 0.306 e. The summed E-state index contributed by atoms with van der Waals surface area (Å²) < 4.78 is 26.0. The van der Waals surface area contributed by atoms with Crippen molar-refractivity contribution in [2.45, 2.75) is 6.42 Å². The first kappa shape index (κ1) is 12.4. The fourth-order valence-corrected chi connectivity index (χ4v) is 1.07. The predicted octanol–water partition coefficient (Wildman–Crippen LogP) is 2.85. The van der Waals surface area contributed by atoms with Crippen molar-refractivity contribution >= 4 is 17.3 Å². The zero-order valence-electron chi connectivity index (χ0n) is 7.97. The van der Waals surface area contributed by atoms with Crippen LogP contribution in [0.1, 0.15) is 12.0 Å². The highest BCUT2D eigenvalue weighted by Gasteiger charge is 2.17. The number of hydrogen-bond acceptors (Lipinski definition) is 2. The van der Waals surface area contributed by atoms with Crippen molar-refractivity contribution in [2.24, 2.45) is 0 Å². The largest absolute Gasteiger partial charge is 0.306 e. The van der Waals surface area contributed by atoms with E-state index >= 15 is 0 Å². The van der Waals surface area contributed by atoms with Gasteiger partial charge in [0.25, 0.3) is 0 Å². The van der Waals surface area contributed by atoms with E-state index in [4.69, 9.17) is 11.6 Å². The van der Waals surface area contributed by atoms with Gasteiger partial charge in [0, 0.05) is 24.4 Å². The van der Waals surface area contributed by atoms with Crippen molar-refractivity contribution in [3.05, 3.63) is 39.4 Å². The van der Waals surface area contributed by atoms with E-state index in [0.717, 1.165) is 6.07 Å². The summed E-state index contributed by atoms with van der Waals surface area (Å²) >= 11 is 5.35. The molecule has 3 nitrogen and oxygen atoms in total. The van der Waals surface area contributed by atoms with Gasteiger partial charge in [-0.2, -0.15) is 4.39 Å². The van der Waals surface area contributed by atoms with Crippen LogP contribution in [0.25, 0.3) is 0 Å². The van der Waals surface area contributed by atoms with Crippen LogP contribution in [-0.2, 0) is 0 Å². The lowest BCUT2D eigenvalue weighted by molar-refractivity contribution is -0.387. The molecule has 0 atom stereocenters. The van der Waals surface area contributed by atoms with E-state index in [9.17, 15) is 18.9 Å². The van der Waals surface area contributed by atoms with Crippen LogP contribution in [0.4, 0.5) is 14.5 Å². The van der Waals surface area contributed by atoms with Crippen LogP contribution >= 0.6 is 11.6 Å². The Balaban J connectivity index is 3.16. The monoisotopic (exact) mass is 245 g/mol. The van der Waals surface area contributed by atoms with E-state index in [-0.39, 0.29) is 11.4 Å². The topological polar surface area (TPSA) is 43.1 Å². The lowest BCUT2D eigenvalue weighted by atomic mass is 10.2. The molecule has 16 heavy (non-hydrogen) atoms. The Bertz CT molecular complexity index is 480. The standard InChI is InChI=1S/C10H6ClF2NO2/c11-4-2-1-3-7-5-10(14(15)16)9(13)6-8(7)12/h5-6H,2,4H2. The summed E-state index contributed by atoms with van der Waals surface area (Å²) in [7, 11) is 0. The second-order valence-electron chi connectivity index (χ2n) is 2.78. The molecule has 0 radical (unpaired) electrons. The van der Waals surface area contributed by atoms with Crippen molar-refractivity contribution in [1.82, 2.24) is 0 Å². The molecule has 0 heterocycles. The highest BCUT2D eigenvalue weighted by Crippen LogP contribution is 2.20. The van der Waals surface area contributed by atoms with Gasteiger partial charge in [-0.1, -0.05) is 11.8 Å². The van der Waals surface area contributed by atoms with E-state index < -0.39 is 22.2 Å². The Hall–Kier alpha value is -1.67. The minimum absolute atomic E-state index is 0.210. The van der Waals surface area contributed by atoms with E-state index in [1.165, 1.54) is 0 Å². The van der Waals surface area contributed by atoms with Crippen molar-refractivity contribution in [3.63, 3.8) is 0 Å². The molecule has 0 aromatic heterocycles. The van der Waals surface area contributed by atoms with Crippen LogP contribution in [0.2, 0.25) is 0 Å². The molecule has 6 heteroatoms. The Kier molecular flexibility index (Phi) is 4.20. The highest BCUT2D eigenvalue weighted by molar-refractivity contribution is 6.18. The molecule has 1 aromatic rings. The van der Waals surface area contributed by atoms with Gasteiger partial charge < -0.3 is 0 Å². The van der Waals surface area contributed by atoms with Gasteiger partial charge in [-0.05, 0) is 0 Å². The highest BCUT2D eigenvalue weighted by atomic mass is 35.5. The molecule has 0 saturated carbocycles. The Morgan fingerprint density at radius 2 is 2.06 bits per heavy atom. The van der Waals surface area contributed by atoms with Crippen LogP contribution in [-0.4, -0.2) is 10.8 Å². The Morgan fingerprint density at radius 1 is 1.38 bits per heavy atom. The number of rotatable bonds is 2. The van der Waals surface area contributed by atoms with Gasteiger partial charge in [0.15, 0.2) is 0 Å². The van der Waals surface area contributed by atoms with Crippen LogP contribution < -0.4 is 0 Å². The van der Waals surface area contributed by atoms with Crippen molar-refractivity contribution < 1.29 is 13.7 Å². The van der Waals surface area contributed by atoms with Gasteiger partial charge in [-0.25, -0.2) is 4.39 Å². The summed E-state index contributed by atoms with van der Waals surface area (Å²) in [4.78, 5) is 9.46. The van der Waals surface area contributed by atoms with Gasteiger partial charge in [-0.3, -0.25) is 10.1 Å². The molecule has 0 fully saturated rings. The number of nitro benzene ring substituents is 1. The molecule has 0 spiro atoms. The smallest absolute Gasteiger partial charge is 0.258 e. The summed E-state index contributed by atoms with van der Waals surface area (Å²) in [6.45, 7) is 0. The van der Waals surface area contributed by atoms with E-state index in [1.54, 1.807) is 0 Å². The average molecular weight is 246 g/mol. The molecular weight excluding hydrogens is 240 g/mol. The number of benzene rings is 1. The van der Waals surface area contributed by atoms with Crippen LogP contribution in [0.15, 0.2) is 12.1 Å². The molecule has 0 aliphatic carbocycles. The van der Waals surface area contributed by atoms with Crippen LogP contribution in [0.3, 0.4) is 0 Å². The molecule has 1 aromatic carbocycles. The van der Waals surface area contributed by atoms with Gasteiger partial charge in [0.05, 0.1) is 10.5 Å². The number of nitrogens with zero attached hydrogens (tertiary/aromatic N) is 1. The van der Waals surface area contributed by atoms with Crippen molar-refractivity contribution in [1.29, 1.82) is 0 Å². The third-order valence-corrected chi connectivity index (χ3v) is 1.86. The van der Waals surface area contributed by atoms with Crippen LogP contribution in [0, 0.1) is 33.6 Å². The third kappa shape index (κ3) is 2.91. The summed E-state index contributed by atoms with van der Waals surface area (Å²) in [5.74, 6) is 3.00. The molecule has 0 N–H and O–H groups in total. The molecule has 0 amide bonds. The number of nitro groups is 1. The average Bonchev–Trinajstić information content (AvgIpc) is 2.21. The summed E-state index contributed by atoms with van der Waals surface area (Å²) in [5.41, 5.74) is -1.00. The molecule has 84 valence electrons. The second-order valence-corrected chi connectivity index (χ2v) is 3.16. The summed E-state index contributed by atoms with van der Waals surface area (Å²) in [6, 6.07) is 1.22. The first-order valence-corrected chi connectivity index (χ1v) is 4.78. The maximum absolute atomic E-state index is 13.1. The van der Waals surface area contributed by atoms with E-state index in [0.29, 0.717) is 12.5 Å². The SMILES string of the molecule is O=[N+]([O-])c1cc(C#CCCCl)c(F)cc1F. The Labute approximate surface area is 95.2 Å². The minimum Gasteiger partial charge on any atom is -0.258 e. The summed E-state index contributed by atoms with van der Waals surface area (Å²) in [6.07, 6.45) is 0.326. The fourth-order valence-electron chi connectivity index (χ4n) is 0.978. The van der Waals surface area contributed by atoms with Crippen molar-refractivity contribution in [3.8, 4) is 11.8 Å². The third-order valence-electron chi connectivity index (χ3n) is 1.68.